The lowest BCUT2D eigenvalue weighted by molar-refractivity contribution is 0.512. The molecule has 1 nitrogen and oxygen atoms in total. The van der Waals surface area contributed by atoms with Crippen molar-refractivity contribution >= 4 is 0 Å². The average Bonchev–Trinajstić information content (AvgIpc) is 2.47. The first-order valence-corrected chi connectivity index (χ1v) is 4.88. The number of allylic oxidation sites excluding steroid dienone is 1. The van der Waals surface area contributed by atoms with Gasteiger partial charge in [0, 0.05) is 6.42 Å². The summed E-state index contributed by atoms with van der Waals surface area (Å²) in [7, 11) is 0. The summed E-state index contributed by atoms with van der Waals surface area (Å²) in [6.45, 7) is 10.3. The number of hydrogen-bond donors (Lipinski definition) is 0. The number of furan rings is 1. The van der Waals surface area contributed by atoms with E-state index in [1.807, 2.05) is 12.3 Å². The van der Waals surface area contributed by atoms with Gasteiger partial charge in [-0.2, -0.15) is 0 Å². The molecule has 0 saturated heterocycles. The molecule has 1 aromatic heterocycles. The van der Waals surface area contributed by atoms with Crippen molar-refractivity contribution in [2.45, 2.75) is 39.5 Å². The minimum Gasteiger partial charge on any atom is -0.468 e. The second kappa shape index (κ2) is 4.31. The fourth-order valence-corrected chi connectivity index (χ4v) is 1.66. The van der Waals surface area contributed by atoms with Gasteiger partial charge in [-0.05, 0) is 30.4 Å². The van der Waals surface area contributed by atoms with Gasteiger partial charge in [-0.1, -0.05) is 19.9 Å². The summed E-state index contributed by atoms with van der Waals surface area (Å²) < 4.78 is 5.49. The second-order valence-corrected chi connectivity index (χ2v) is 3.56. The van der Waals surface area contributed by atoms with E-state index >= 15 is 0 Å². The van der Waals surface area contributed by atoms with Crippen LogP contribution in [0.1, 0.15) is 43.1 Å². The maximum Gasteiger partial charge on any atom is 0.111 e. The molecule has 1 atom stereocenters. The van der Waals surface area contributed by atoms with E-state index in [1.54, 1.807) is 0 Å². The Labute approximate surface area is 80.5 Å². The van der Waals surface area contributed by atoms with Crippen molar-refractivity contribution in [1.29, 1.82) is 0 Å². The van der Waals surface area contributed by atoms with Gasteiger partial charge in [0.25, 0.3) is 0 Å². The molecule has 0 aliphatic rings. The zero-order chi connectivity index (χ0) is 9.84. The quantitative estimate of drug-likeness (QED) is 0.639. The summed E-state index contributed by atoms with van der Waals surface area (Å²) in [5, 5.41) is 0. The van der Waals surface area contributed by atoms with Gasteiger partial charge >= 0.3 is 0 Å². The van der Waals surface area contributed by atoms with E-state index in [0.717, 1.165) is 18.6 Å². The molecule has 13 heavy (non-hydrogen) atoms. The molecule has 0 radical (unpaired) electrons. The molecular formula is C12H18O. The van der Waals surface area contributed by atoms with E-state index in [9.17, 15) is 0 Å². The molecule has 0 bridgehead atoms. The van der Waals surface area contributed by atoms with Gasteiger partial charge in [-0.15, -0.1) is 6.58 Å². The van der Waals surface area contributed by atoms with E-state index in [4.69, 9.17) is 4.42 Å². The van der Waals surface area contributed by atoms with Crippen molar-refractivity contribution in [1.82, 2.24) is 0 Å². The predicted octanol–water partition coefficient (Wildman–Crippen LogP) is 3.83. The van der Waals surface area contributed by atoms with Gasteiger partial charge < -0.3 is 4.42 Å². The van der Waals surface area contributed by atoms with Crippen LogP contribution in [0, 0.1) is 6.92 Å². The van der Waals surface area contributed by atoms with Crippen LogP contribution in [0.2, 0.25) is 0 Å². The lowest BCUT2D eigenvalue weighted by Gasteiger charge is -2.09. The highest BCUT2D eigenvalue weighted by atomic mass is 16.3. The molecule has 72 valence electrons. The molecule has 0 aliphatic carbocycles. The minimum absolute atomic E-state index is 0.591. The topological polar surface area (TPSA) is 13.1 Å². The maximum absolute atomic E-state index is 5.49. The van der Waals surface area contributed by atoms with E-state index in [2.05, 4.69) is 27.4 Å². The third-order valence-corrected chi connectivity index (χ3v) is 2.54. The number of aryl methyl sites for hydroxylation is 1. The molecule has 0 aromatic carbocycles. The Bertz CT molecular complexity index is 283. The van der Waals surface area contributed by atoms with Crippen molar-refractivity contribution in [2.75, 3.05) is 0 Å². The van der Waals surface area contributed by atoms with Crippen molar-refractivity contribution in [2.24, 2.45) is 0 Å². The first-order chi connectivity index (χ1) is 6.20. The molecule has 0 amide bonds. The summed E-state index contributed by atoms with van der Waals surface area (Å²) in [4.78, 5) is 0. The van der Waals surface area contributed by atoms with Crippen LogP contribution in [0.25, 0.3) is 0 Å². The Balaban J connectivity index is 3.00. The molecule has 1 heterocycles. The molecule has 0 saturated carbocycles. The van der Waals surface area contributed by atoms with Gasteiger partial charge in [0.15, 0.2) is 0 Å². The summed E-state index contributed by atoms with van der Waals surface area (Å²) >= 11 is 0. The molecular weight excluding hydrogens is 160 g/mol. The fraction of sp³-hybridized carbons (Fsp3) is 0.500. The van der Waals surface area contributed by atoms with Crippen LogP contribution in [0.3, 0.4) is 0 Å². The highest BCUT2D eigenvalue weighted by molar-refractivity contribution is 5.31. The first kappa shape index (κ1) is 10.1. The second-order valence-electron chi connectivity index (χ2n) is 3.56. The summed E-state index contributed by atoms with van der Waals surface area (Å²) in [6.07, 6.45) is 5.74. The van der Waals surface area contributed by atoms with Gasteiger partial charge in [0.05, 0.1) is 6.26 Å². The lowest BCUT2D eigenvalue weighted by atomic mass is 9.95. The summed E-state index contributed by atoms with van der Waals surface area (Å²) in [5.41, 5.74) is 2.65. The normalized spacial score (nSPS) is 12.8. The Hall–Kier alpha value is -0.980. The number of hydrogen-bond acceptors (Lipinski definition) is 1. The van der Waals surface area contributed by atoms with Crippen LogP contribution in [-0.4, -0.2) is 0 Å². The molecule has 0 N–H and O–H groups in total. The Morgan fingerprint density at radius 3 is 2.85 bits per heavy atom. The van der Waals surface area contributed by atoms with Crippen LogP contribution in [0.15, 0.2) is 23.3 Å². The van der Waals surface area contributed by atoms with Crippen molar-refractivity contribution in [3.8, 4) is 0 Å². The Morgan fingerprint density at radius 1 is 1.62 bits per heavy atom. The van der Waals surface area contributed by atoms with Crippen LogP contribution in [-0.2, 0) is 6.42 Å². The van der Waals surface area contributed by atoms with Crippen LogP contribution in [0.4, 0.5) is 0 Å². The maximum atomic E-state index is 5.49. The molecule has 1 aromatic rings. The van der Waals surface area contributed by atoms with Gasteiger partial charge in [-0.3, -0.25) is 0 Å². The van der Waals surface area contributed by atoms with Crippen molar-refractivity contribution in [3.05, 3.63) is 35.8 Å². The zero-order valence-corrected chi connectivity index (χ0v) is 8.76. The smallest absolute Gasteiger partial charge is 0.111 e. The standard InChI is InChI=1S/C12H18O/c1-5-7-11-12(9(3)6-2)10(4)8-13-11/h5,8-9H,1,6-7H2,2-4H3. The highest BCUT2D eigenvalue weighted by Crippen LogP contribution is 2.28. The SMILES string of the molecule is C=CCc1occ(C)c1C(C)CC. The van der Waals surface area contributed by atoms with Crippen LogP contribution < -0.4 is 0 Å². The fourth-order valence-electron chi connectivity index (χ4n) is 1.66. The third-order valence-electron chi connectivity index (χ3n) is 2.54. The highest BCUT2D eigenvalue weighted by Gasteiger charge is 2.14. The molecule has 0 spiro atoms. The van der Waals surface area contributed by atoms with E-state index in [1.165, 1.54) is 11.1 Å². The van der Waals surface area contributed by atoms with E-state index < -0.39 is 0 Å². The molecule has 1 heteroatoms. The zero-order valence-electron chi connectivity index (χ0n) is 8.76. The first-order valence-electron chi connectivity index (χ1n) is 4.88. The molecule has 1 unspecified atom stereocenters. The lowest BCUT2D eigenvalue weighted by Crippen LogP contribution is -1.95. The van der Waals surface area contributed by atoms with Crippen molar-refractivity contribution in [3.63, 3.8) is 0 Å². The predicted molar refractivity (Wildman–Crippen MR) is 56.1 cm³/mol. The summed E-state index contributed by atoms with van der Waals surface area (Å²) in [6, 6.07) is 0. The summed E-state index contributed by atoms with van der Waals surface area (Å²) in [5.74, 6) is 1.68. The van der Waals surface area contributed by atoms with Crippen LogP contribution in [0.5, 0.6) is 0 Å². The molecule has 0 aliphatic heterocycles. The van der Waals surface area contributed by atoms with Gasteiger partial charge in [-0.25, -0.2) is 0 Å². The van der Waals surface area contributed by atoms with Crippen LogP contribution >= 0.6 is 0 Å². The Kier molecular flexibility index (Phi) is 3.35. The van der Waals surface area contributed by atoms with Gasteiger partial charge in [0.2, 0.25) is 0 Å². The minimum atomic E-state index is 0.591. The Morgan fingerprint density at radius 2 is 2.31 bits per heavy atom. The number of rotatable bonds is 4. The van der Waals surface area contributed by atoms with Gasteiger partial charge in [0.1, 0.15) is 5.76 Å². The molecule has 1 rings (SSSR count). The van der Waals surface area contributed by atoms with E-state index in [0.29, 0.717) is 5.92 Å². The average molecular weight is 178 g/mol. The monoisotopic (exact) mass is 178 g/mol. The van der Waals surface area contributed by atoms with Crippen molar-refractivity contribution < 1.29 is 4.42 Å². The molecule has 0 fully saturated rings. The third kappa shape index (κ3) is 2.03. The van der Waals surface area contributed by atoms with E-state index in [-0.39, 0.29) is 0 Å². The largest absolute Gasteiger partial charge is 0.468 e.